The van der Waals surface area contributed by atoms with Gasteiger partial charge in [0.25, 0.3) is 0 Å². The van der Waals surface area contributed by atoms with Gasteiger partial charge in [-0.2, -0.15) is 0 Å². The highest BCUT2D eigenvalue weighted by Gasteiger charge is 2.09. The molecule has 0 bridgehead atoms. The van der Waals surface area contributed by atoms with Crippen LogP contribution >= 0.6 is 0 Å². The smallest absolute Gasteiger partial charge is 0.141 e. The van der Waals surface area contributed by atoms with Crippen LogP contribution in [0.1, 0.15) is 36.4 Å². The number of benzene rings is 1. The summed E-state index contributed by atoms with van der Waals surface area (Å²) in [6.07, 6.45) is 3.40. The average Bonchev–Trinajstić information content (AvgIpc) is 2.88. The first-order valence-corrected chi connectivity index (χ1v) is 8.21. The summed E-state index contributed by atoms with van der Waals surface area (Å²) in [5.41, 5.74) is 2.78. The molecule has 2 rings (SSSR count). The van der Waals surface area contributed by atoms with Gasteiger partial charge in [-0.25, -0.2) is 0 Å². The molecule has 1 aromatic heterocycles. The number of nitrogens with one attached hydrogen (secondary N) is 1. The van der Waals surface area contributed by atoms with Crippen LogP contribution in [0.5, 0.6) is 5.75 Å². The number of hydrogen-bond acceptors (Lipinski definition) is 5. The topological polar surface area (TPSA) is 67.5 Å². The second kappa shape index (κ2) is 8.66. The molecule has 0 aliphatic rings. The molecule has 2 aromatic rings. The van der Waals surface area contributed by atoms with E-state index in [0.29, 0.717) is 12.6 Å². The highest BCUT2D eigenvalue weighted by Crippen LogP contribution is 2.22. The molecule has 0 aliphatic carbocycles. The van der Waals surface area contributed by atoms with Crippen LogP contribution in [0.25, 0.3) is 12.2 Å². The average molecular weight is 330 g/mol. The van der Waals surface area contributed by atoms with E-state index in [2.05, 4.69) is 10.5 Å². The van der Waals surface area contributed by atoms with E-state index in [-0.39, 0.29) is 6.61 Å². The van der Waals surface area contributed by atoms with E-state index < -0.39 is 6.10 Å². The van der Waals surface area contributed by atoms with Crippen LogP contribution in [0, 0.1) is 13.8 Å². The molecule has 5 nitrogen and oxygen atoms in total. The van der Waals surface area contributed by atoms with Gasteiger partial charge in [0.2, 0.25) is 0 Å². The molecule has 2 N–H and O–H groups in total. The molecule has 0 saturated heterocycles. The highest BCUT2D eigenvalue weighted by molar-refractivity contribution is 5.73. The van der Waals surface area contributed by atoms with Gasteiger partial charge >= 0.3 is 0 Å². The third-order valence-corrected chi connectivity index (χ3v) is 3.63. The summed E-state index contributed by atoms with van der Waals surface area (Å²) in [4.78, 5) is 0. The normalized spacial score (nSPS) is 12.9. The van der Waals surface area contributed by atoms with Crippen LogP contribution in [-0.4, -0.2) is 35.6 Å². The minimum atomic E-state index is -0.549. The van der Waals surface area contributed by atoms with Crippen molar-refractivity contribution >= 4 is 12.2 Å². The SMILES string of the molecule is Cc1noc(C)c1/C=C\c1ccccc1OCC(O)CNC(C)C. The Kier molecular flexibility index (Phi) is 6.58. The monoisotopic (exact) mass is 330 g/mol. The zero-order chi connectivity index (χ0) is 17.5. The molecule has 5 heteroatoms. The number of rotatable bonds is 8. The lowest BCUT2D eigenvalue weighted by Gasteiger charge is -2.16. The number of ether oxygens (including phenoxy) is 1. The van der Waals surface area contributed by atoms with Crippen molar-refractivity contribution in [2.75, 3.05) is 13.2 Å². The Labute approximate surface area is 143 Å². The Balaban J connectivity index is 2.02. The molecular weight excluding hydrogens is 304 g/mol. The summed E-state index contributed by atoms with van der Waals surface area (Å²) in [5.74, 6) is 1.53. The second-order valence-electron chi connectivity index (χ2n) is 6.14. The number of aliphatic hydroxyl groups is 1. The molecule has 0 spiro atoms. The lowest BCUT2D eigenvalue weighted by Crippen LogP contribution is -2.35. The van der Waals surface area contributed by atoms with Crippen LogP contribution in [0.3, 0.4) is 0 Å². The van der Waals surface area contributed by atoms with Crippen LogP contribution in [0.2, 0.25) is 0 Å². The third kappa shape index (κ3) is 5.22. The van der Waals surface area contributed by atoms with E-state index in [1.807, 2.05) is 64.1 Å². The van der Waals surface area contributed by atoms with Crippen molar-refractivity contribution in [2.24, 2.45) is 0 Å². The number of aliphatic hydroxyl groups excluding tert-OH is 1. The highest BCUT2D eigenvalue weighted by atomic mass is 16.5. The number of para-hydroxylation sites is 1. The van der Waals surface area contributed by atoms with Crippen molar-refractivity contribution in [1.82, 2.24) is 10.5 Å². The van der Waals surface area contributed by atoms with Crippen molar-refractivity contribution in [2.45, 2.75) is 39.8 Å². The van der Waals surface area contributed by atoms with E-state index in [4.69, 9.17) is 9.26 Å². The van der Waals surface area contributed by atoms with Gasteiger partial charge in [0.05, 0.1) is 5.69 Å². The molecular formula is C19H26N2O3. The Hall–Kier alpha value is -2.11. The van der Waals surface area contributed by atoms with Gasteiger partial charge < -0.3 is 19.7 Å². The van der Waals surface area contributed by atoms with Gasteiger partial charge in [-0.05, 0) is 26.0 Å². The van der Waals surface area contributed by atoms with Gasteiger partial charge in [0, 0.05) is 23.7 Å². The van der Waals surface area contributed by atoms with Gasteiger partial charge in [-0.15, -0.1) is 0 Å². The summed E-state index contributed by atoms with van der Waals surface area (Å²) in [6.45, 7) is 8.65. The fraction of sp³-hybridized carbons (Fsp3) is 0.421. The Morgan fingerprint density at radius 2 is 2.00 bits per heavy atom. The molecule has 1 atom stereocenters. The van der Waals surface area contributed by atoms with Crippen LogP contribution < -0.4 is 10.1 Å². The maximum absolute atomic E-state index is 9.98. The molecule has 0 fully saturated rings. The molecule has 0 aliphatic heterocycles. The van der Waals surface area contributed by atoms with Crippen LogP contribution in [-0.2, 0) is 0 Å². The molecule has 0 saturated carbocycles. The minimum absolute atomic E-state index is 0.246. The maximum Gasteiger partial charge on any atom is 0.141 e. The summed E-state index contributed by atoms with van der Waals surface area (Å²) in [6, 6.07) is 8.08. The number of nitrogens with zero attached hydrogens (tertiary/aromatic N) is 1. The lowest BCUT2D eigenvalue weighted by atomic mass is 10.1. The zero-order valence-electron chi connectivity index (χ0n) is 14.7. The van der Waals surface area contributed by atoms with Crippen molar-refractivity contribution in [3.63, 3.8) is 0 Å². The Morgan fingerprint density at radius 3 is 2.67 bits per heavy atom. The molecule has 0 radical (unpaired) electrons. The zero-order valence-corrected chi connectivity index (χ0v) is 14.7. The maximum atomic E-state index is 9.98. The predicted molar refractivity (Wildman–Crippen MR) is 96.0 cm³/mol. The number of hydrogen-bond donors (Lipinski definition) is 2. The van der Waals surface area contributed by atoms with Crippen molar-refractivity contribution in [3.8, 4) is 5.75 Å². The summed E-state index contributed by atoms with van der Waals surface area (Å²) >= 11 is 0. The van der Waals surface area contributed by atoms with E-state index >= 15 is 0 Å². The van der Waals surface area contributed by atoms with Crippen LogP contribution in [0.15, 0.2) is 28.8 Å². The minimum Gasteiger partial charge on any atom is -0.490 e. The van der Waals surface area contributed by atoms with Crippen molar-refractivity contribution in [1.29, 1.82) is 0 Å². The first kappa shape index (κ1) is 18.2. The van der Waals surface area contributed by atoms with Crippen molar-refractivity contribution in [3.05, 3.63) is 46.8 Å². The van der Waals surface area contributed by atoms with E-state index in [9.17, 15) is 5.11 Å². The van der Waals surface area contributed by atoms with E-state index in [1.165, 1.54) is 0 Å². The molecule has 0 amide bonds. The van der Waals surface area contributed by atoms with Gasteiger partial charge in [0.1, 0.15) is 24.2 Å². The van der Waals surface area contributed by atoms with Gasteiger partial charge in [-0.3, -0.25) is 0 Å². The standard InChI is InChI=1S/C19H26N2O3/c1-13(2)20-11-17(22)12-23-19-8-6-5-7-16(19)9-10-18-14(3)21-24-15(18)4/h5-10,13,17,20,22H,11-12H2,1-4H3/b10-9-. The Bertz CT molecular complexity index is 658. The molecule has 1 unspecified atom stereocenters. The first-order valence-electron chi connectivity index (χ1n) is 8.21. The van der Waals surface area contributed by atoms with Gasteiger partial charge in [-0.1, -0.05) is 43.3 Å². The van der Waals surface area contributed by atoms with Crippen LogP contribution in [0.4, 0.5) is 0 Å². The molecule has 1 heterocycles. The lowest BCUT2D eigenvalue weighted by molar-refractivity contribution is 0.104. The largest absolute Gasteiger partial charge is 0.490 e. The van der Waals surface area contributed by atoms with Gasteiger partial charge in [0.15, 0.2) is 0 Å². The summed E-state index contributed by atoms with van der Waals surface area (Å²) < 4.78 is 10.9. The van der Waals surface area contributed by atoms with Crippen molar-refractivity contribution < 1.29 is 14.4 Å². The fourth-order valence-electron chi connectivity index (χ4n) is 2.27. The molecule has 1 aromatic carbocycles. The number of aromatic nitrogens is 1. The molecule has 24 heavy (non-hydrogen) atoms. The third-order valence-electron chi connectivity index (χ3n) is 3.63. The van der Waals surface area contributed by atoms with E-state index in [0.717, 1.165) is 28.3 Å². The predicted octanol–water partition coefficient (Wildman–Crippen LogP) is 3.20. The Morgan fingerprint density at radius 1 is 1.25 bits per heavy atom. The quantitative estimate of drug-likeness (QED) is 0.778. The summed E-state index contributed by atoms with van der Waals surface area (Å²) in [7, 11) is 0. The van der Waals surface area contributed by atoms with E-state index in [1.54, 1.807) is 0 Å². The summed E-state index contributed by atoms with van der Waals surface area (Å²) in [5, 5.41) is 17.1. The fourth-order valence-corrected chi connectivity index (χ4v) is 2.27. The second-order valence-corrected chi connectivity index (χ2v) is 6.14. The first-order chi connectivity index (χ1) is 11.5. The number of aryl methyl sites for hydroxylation is 2. The molecule has 130 valence electrons.